The topological polar surface area (TPSA) is 26.3 Å². The van der Waals surface area contributed by atoms with E-state index in [9.17, 15) is 0 Å². The molecule has 0 spiro atoms. The first-order chi connectivity index (χ1) is 15.3. The molecule has 2 aromatic heterocycles. The molecule has 0 bridgehead atoms. The van der Waals surface area contributed by atoms with Gasteiger partial charge in [0.2, 0.25) is 0 Å². The van der Waals surface area contributed by atoms with Crippen LogP contribution in [-0.4, -0.2) is 0 Å². The Morgan fingerprint density at radius 1 is 0.516 bits per heavy atom. The number of benzene rings is 4. The fourth-order valence-electron chi connectivity index (χ4n) is 3.60. The minimum atomic E-state index is 0.914. The molecule has 0 aliphatic heterocycles. The van der Waals surface area contributed by atoms with Crippen LogP contribution >= 0.6 is 0 Å². The van der Waals surface area contributed by atoms with Gasteiger partial charge in [-0.3, -0.25) is 0 Å². The zero-order valence-electron chi connectivity index (χ0n) is 17.3. The molecular weight excluding hydrogens is 380 g/mol. The average molecular weight is 402 g/mol. The first-order valence-electron chi connectivity index (χ1n) is 10.3. The van der Waals surface area contributed by atoms with Crippen LogP contribution in [0.15, 0.2) is 124 Å². The zero-order chi connectivity index (χ0) is 21.0. The maximum atomic E-state index is 5.92. The Bertz CT molecular complexity index is 1350. The third kappa shape index (κ3) is 4.15. The van der Waals surface area contributed by atoms with Gasteiger partial charge in [-0.2, -0.15) is 0 Å². The van der Waals surface area contributed by atoms with Gasteiger partial charge in [-0.25, -0.2) is 0 Å². The van der Waals surface area contributed by atoms with E-state index in [1.807, 2.05) is 48.5 Å². The molecule has 0 radical (unpaired) electrons. The lowest BCUT2D eigenvalue weighted by Gasteiger charge is -2.03. The molecule has 31 heavy (non-hydrogen) atoms. The van der Waals surface area contributed by atoms with Crippen LogP contribution in [0.2, 0.25) is 0 Å². The molecule has 0 saturated heterocycles. The molecule has 0 atom stereocenters. The van der Waals surface area contributed by atoms with Crippen LogP contribution in [-0.2, 0) is 0 Å². The van der Waals surface area contributed by atoms with Gasteiger partial charge in [0.15, 0.2) is 0 Å². The second kappa shape index (κ2) is 8.37. The van der Waals surface area contributed by atoms with E-state index in [4.69, 9.17) is 8.83 Å². The Hall–Kier alpha value is -4.04. The van der Waals surface area contributed by atoms with Gasteiger partial charge in [0.05, 0.1) is 6.26 Å². The highest BCUT2D eigenvalue weighted by atomic mass is 16.3. The molecular formula is C29H22O2. The van der Waals surface area contributed by atoms with E-state index >= 15 is 0 Å². The molecule has 2 heterocycles. The van der Waals surface area contributed by atoms with E-state index in [1.54, 1.807) is 6.26 Å². The smallest absolute Gasteiger partial charge is 0.135 e. The van der Waals surface area contributed by atoms with Crippen molar-refractivity contribution in [2.45, 2.75) is 6.92 Å². The van der Waals surface area contributed by atoms with Crippen molar-refractivity contribution >= 4 is 21.9 Å². The summed E-state index contributed by atoms with van der Waals surface area (Å²) < 4.78 is 11.0. The van der Waals surface area contributed by atoms with Crippen LogP contribution in [0.5, 0.6) is 0 Å². The summed E-state index contributed by atoms with van der Waals surface area (Å²) in [5.74, 6) is 0.914. The van der Waals surface area contributed by atoms with Crippen molar-refractivity contribution in [3.63, 3.8) is 0 Å². The van der Waals surface area contributed by atoms with Gasteiger partial charge in [0, 0.05) is 16.3 Å². The maximum absolute atomic E-state index is 5.92. The summed E-state index contributed by atoms with van der Waals surface area (Å²) in [5, 5.41) is 2.30. The third-order valence-corrected chi connectivity index (χ3v) is 5.34. The average Bonchev–Trinajstić information content (AvgIpc) is 3.47. The summed E-state index contributed by atoms with van der Waals surface area (Å²) in [7, 11) is 0. The van der Waals surface area contributed by atoms with Crippen LogP contribution in [0.1, 0.15) is 5.56 Å². The Morgan fingerprint density at radius 3 is 1.77 bits per heavy atom. The molecule has 0 N–H and O–H groups in total. The van der Waals surface area contributed by atoms with Crippen molar-refractivity contribution in [3.8, 4) is 22.5 Å². The molecule has 150 valence electrons. The SMILES string of the molecule is Cc1ccc(-c2ccc(-c3cc4ccccc4o3)cc2)cc1.c1ccc2occc2c1. The van der Waals surface area contributed by atoms with Gasteiger partial charge in [-0.1, -0.05) is 90.5 Å². The molecule has 0 aliphatic carbocycles. The Morgan fingerprint density at radius 2 is 1.10 bits per heavy atom. The summed E-state index contributed by atoms with van der Waals surface area (Å²) in [6, 6.07) is 37.2. The molecule has 6 aromatic rings. The molecule has 4 aromatic carbocycles. The highest BCUT2D eigenvalue weighted by Crippen LogP contribution is 2.29. The van der Waals surface area contributed by atoms with Gasteiger partial charge in [0.25, 0.3) is 0 Å². The van der Waals surface area contributed by atoms with Crippen LogP contribution < -0.4 is 0 Å². The molecule has 0 unspecified atom stereocenters. The molecule has 2 heteroatoms. The van der Waals surface area contributed by atoms with E-state index in [0.717, 1.165) is 33.3 Å². The summed E-state index contributed by atoms with van der Waals surface area (Å²) >= 11 is 0. The standard InChI is InChI=1S/C21H16O.C8H6O/c1-15-6-8-16(9-7-15)17-10-12-18(13-11-17)21-14-19-4-2-3-5-20(19)22-21;1-2-4-8-7(3-1)5-6-9-8/h2-14H,1H3;1-6H. The van der Waals surface area contributed by atoms with Gasteiger partial charge < -0.3 is 8.83 Å². The van der Waals surface area contributed by atoms with Gasteiger partial charge in [-0.15, -0.1) is 0 Å². The summed E-state index contributed by atoms with van der Waals surface area (Å²) in [6.07, 6.45) is 1.70. The minimum Gasteiger partial charge on any atom is -0.464 e. The molecule has 6 rings (SSSR count). The van der Waals surface area contributed by atoms with E-state index < -0.39 is 0 Å². The van der Waals surface area contributed by atoms with Crippen LogP contribution in [0.4, 0.5) is 0 Å². The van der Waals surface area contributed by atoms with E-state index in [2.05, 4.69) is 67.6 Å². The summed E-state index contributed by atoms with van der Waals surface area (Å²) in [5.41, 5.74) is 6.73. The zero-order valence-corrected chi connectivity index (χ0v) is 17.3. The first kappa shape index (κ1) is 19.0. The van der Waals surface area contributed by atoms with Crippen molar-refractivity contribution in [2.24, 2.45) is 0 Å². The van der Waals surface area contributed by atoms with E-state index in [1.165, 1.54) is 16.7 Å². The normalized spacial score (nSPS) is 10.7. The Kier molecular flexibility index (Phi) is 5.12. The van der Waals surface area contributed by atoms with Crippen molar-refractivity contribution in [1.29, 1.82) is 0 Å². The van der Waals surface area contributed by atoms with Crippen molar-refractivity contribution in [3.05, 3.63) is 121 Å². The lowest BCUT2D eigenvalue weighted by Crippen LogP contribution is -1.79. The van der Waals surface area contributed by atoms with E-state index in [-0.39, 0.29) is 0 Å². The minimum absolute atomic E-state index is 0.914. The monoisotopic (exact) mass is 402 g/mol. The number of aryl methyl sites for hydroxylation is 1. The largest absolute Gasteiger partial charge is 0.464 e. The highest BCUT2D eigenvalue weighted by molar-refractivity contribution is 5.83. The highest BCUT2D eigenvalue weighted by Gasteiger charge is 2.06. The number of hydrogen-bond acceptors (Lipinski definition) is 2. The van der Waals surface area contributed by atoms with Crippen molar-refractivity contribution in [1.82, 2.24) is 0 Å². The van der Waals surface area contributed by atoms with Gasteiger partial charge in [-0.05, 0) is 42.3 Å². The molecule has 0 amide bonds. The number of fused-ring (bicyclic) bond motifs is 2. The Balaban J connectivity index is 0.000000189. The number of para-hydroxylation sites is 2. The lowest BCUT2D eigenvalue weighted by atomic mass is 10.0. The summed E-state index contributed by atoms with van der Waals surface area (Å²) in [4.78, 5) is 0. The van der Waals surface area contributed by atoms with Crippen molar-refractivity contribution < 1.29 is 8.83 Å². The molecule has 0 aliphatic rings. The fraction of sp³-hybridized carbons (Fsp3) is 0.0345. The van der Waals surface area contributed by atoms with E-state index in [0.29, 0.717) is 0 Å². The van der Waals surface area contributed by atoms with Gasteiger partial charge >= 0.3 is 0 Å². The summed E-state index contributed by atoms with van der Waals surface area (Å²) in [6.45, 7) is 2.11. The second-order valence-corrected chi connectivity index (χ2v) is 7.55. The third-order valence-electron chi connectivity index (χ3n) is 5.34. The Labute approximate surface area is 181 Å². The quantitative estimate of drug-likeness (QED) is 0.290. The van der Waals surface area contributed by atoms with Crippen LogP contribution in [0.25, 0.3) is 44.4 Å². The number of hydrogen-bond donors (Lipinski definition) is 0. The predicted molar refractivity (Wildman–Crippen MR) is 128 cm³/mol. The predicted octanol–water partition coefficient (Wildman–Crippen LogP) is 8.51. The van der Waals surface area contributed by atoms with Gasteiger partial charge in [0.1, 0.15) is 16.9 Å². The fourth-order valence-corrected chi connectivity index (χ4v) is 3.60. The maximum Gasteiger partial charge on any atom is 0.135 e. The lowest BCUT2D eigenvalue weighted by molar-refractivity contribution is 0.616. The first-order valence-corrected chi connectivity index (χ1v) is 10.3. The molecule has 0 saturated carbocycles. The van der Waals surface area contributed by atoms with Crippen LogP contribution in [0, 0.1) is 6.92 Å². The molecule has 0 fully saturated rings. The number of furan rings is 2. The second-order valence-electron chi connectivity index (χ2n) is 7.55. The number of rotatable bonds is 2. The van der Waals surface area contributed by atoms with Crippen molar-refractivity contribution in [2.75, 3.05) is 0 Å². The molecule has 2 nitrogen and oxygen atoms in total. The van der Waals surface area contributed by atoms with Crippen LogP contribution in [0.3, 0.4) is 0 Å².